The van der Waals surface area contributed by atoms with Crippen molar-refractivity contribution in [1.29, 1.82) is 0 Å². The molecule has 94 valence electrons. The van der Waals surface area contributed by atoms with Crippen LogP contribution in [0.4, 0.5) is 5.82 Å². The van der Waals surface area contributed by atoms with Crippen LogP contribution in [0.1, 0.15) is 5.56 Å². The van der Waals surface area contributed by atoms with Gasteiger partial charge in [-0.1, -0.05) is 48.0 Å². The highest BCUT2D eigenvalue weighted by Gasteiger charge is 1.99. The molecule has 0 aliphatic rings. The predicted octanol–water partition coefficient (Wildman–Crippen LogP) is 4.50. The molecule has 0 saturated carbocycles. The first-order chi connectivity index (χ1) is 9.31. The van der Waals surface area contributed by atoms with Crippen LogP contribution in [0.2, 0.25) is 5.02 Å². The zero-order chi connectivity index (χ0) is 13.1. The quantitative estimate of drug-likeness (QED) is 0.756. The van der Waals surface area contributed by atoms with Gasteiger partial charge in [0.2, 0.25) is 0 Å². The van der Waals surface area contributed by atoms with E-state index in [0.29, 0.717) is 0 Å². The average Bonchev–Trinajstić information content (AvgIpc) is 2.46. The first-order valence-corrected chi connectivity index (χ1v) is 6.52. The van der Waals surface area contributed by atoms with Crippen LogP contribution in [0.15, 0.2) is 60.8 Å². The third-order valence-electron chi connectivity index (χ3n) is 3.00. The molecular formula is C16H13ClN2. The first-order valence-electron chi connectivity index (χ1n) is 6.14. The van der Waals surface area contributed by atoms with Gasteiger partial charge in [0.05, 0.1) is 0 Å². The van der Waals surface area contributed by atoms with Crippen molar-refractivity contribution in [2.24, 2.45) is 0 Å². The molecular weight excluding hydrogens is 256 g/mol. The molecule has 3 rings (SSSR count). The van der Waals surface area contributed by atoms with Gasteiger partial charge in [0.15, 0.2) is 0 Å². The Morgan fingerprint density at radius 3 is 2.63 bits per heavy atom. The van der Waals surface area contributed by atoms with Crippen LogP contribution in [0, 0.1) is 0 Å². The van der Waals surface area contributed by atoms with Crippen molar-refractivity contribution in [1.82, 2.24) is 4.98 Å². The van der Waals surface area contributed by atoms with E-state index in [-0.39, 0.29) is 0 Å². The summed E-state index contributed by atoms with van der Waals surface area (Å²) in [6, 6.07) is 18.1. The molecule has 0 aliphatic carbocycles. The number of fused-ring (bicyclic) bond motifs is 1. The zero-order valence-corrected chi connectivity index (χ0v) is 11.1. The van der Waals surface area contributed by atoms with E-state index in [1.807, 2.05) is 48.7 Å². The second kappa shape index (κ2) is 5.29. The molecule has 19 heavy (non-hydrogen) atoms. The highest BCUT2D eigenvalue weighted by Crippen LogP contribution is 2.21. The standard InChI is InChI=1S/C16H13ClN2/c17-15-7-6-13-9-16(19-11-14(13)8-15)18-10-12-4-2-1-3-5-12/h1-9,11H,10H2,(H,18,19). The molecule has 1 N–H and O–H groups in total. The van der Waals surface area contributed by atoms with Crippen molar-refractivity contribution in [2.75, 3.05) is 5.32 Å². The van der Waals surface area contributed by atoms with E-state index in [4.69, 9.17) is 11.6 Å². The zero-order valence-electron chi connectivity index (χ0n) is 10.3. The summed E-state index contributed by atoms with van der Waals surface area (Å²) in [5, 5.41) is 6.25. The number of nitrogens with zero attached hydrogens (tertiary/aromatic N) is 1. The summed E-state index contributed by atoms with van der Waals surface area (Å²) >= 11 is 5.96. The molecule has 0 aliphatic heterocycles. The SMILES string of the molecule is Clc1ccc2cc(NCc3ccccc3)ncc2c1. The van der Waals surface area contributed by atoms with Crippen molar-refractivity contribution in [2.45, 2.75) is 6.54 Å². The minimum absolute atomic E-state index is 0.735. The summed E-state index contributed by atoms with van der Waals surface area (Å²) in [7, 11) is 0. The molecule has 2 aromatic carbocycles. The normalized spacial score (nSPS) is 10.6. The molecule has 0 spiro atoms. The van der Waals surface area contributed by atoms with Crippen molar-refractivity contribution in [3.63, 3.8) is 0 Å². The maximum Gasteiger partial charge on any atom is 0.126 e. The Bertz CT molecular complexity index is 695. The summed E-state index contributed by atoms with van der Waals surface area (Å²) in [4.78, 5) is 4.39. The molecule has 0 amide bonds. The first kappa shape index (κ1) is 12.0. The smallest absolute Gasteiger partial charge is 0.126 e. The lowest BCUT2D eigenvalue weighted by atomic mass is 10.2. The summed E-state index contributed by atoms with van der Waals surface area (Å²) in [6.45, 7) is 0.771. The summed E-state index contributed by atoms with van der Waals surface area (Å²) in [6.07, 6.45) is 1.84. The minimum atomic E-state index is 0.735. The van der Waals surface area contributed by atoms with Gasteiger partial charge in [-0.25, -0.2) is 4.98 Å². The fourth-order valence-corrected chi connectivity index (χ4v) is 2.18. The van der Waals surface area contributed by atoms with Gasteiger partial charge in [-0.05, 0) is 29.1 Å². The van der Waals surface area contributed by atoms with Gasteiger partial charge in [-0.3, -0.25) is 0 Å². The molecule has 3 aromatic rings. The van der Waals surface area contributed by atoms with Gasteiger partial charge in [0.1, 0.15) is 5.82 Å². The van der Waals surface area contributed by atoms with Crippen LogP contribution in [0.25, 0.3) is 10.8 Å². The summed E-state index contributed by atoms with van der Waals surface area (Å²) in [5.41, 5.74) is 1.24. The molecule has 1 heterocycles. The molecule has 3 heteroatoms. The Balaban J connectivity index is 1.80. The topological polar surface area (TPSA) is 24.9 Å². The monoisotopic (exact) mass is 268 g/mol. The number of nitrogens with one attached hydrogen (secondary N) is 1. The molecule has 0 unspecified atom stereocenters. The molecule has 2 nitrogen and oxygen atoms in total. The second-order valence-electron chi connectivity index (χ2n) is 4.40. The van der Waals surface area contributed by atoms with E-state index >= 15 is 0 Å². The lowest BCUT2D eigenvalue weighted by molar-refractivity contribution is 1.12. The average molecular weight is 269 g/mol. The summed E-state index contributed by atoms with van der Waals surface area (Å²) < 4.78 is 0. The van der Waals surface area contributed by atoms with Crippen LogP contribution < -0.4 is 5.32 Å². The van der Waals surface area contributed by atoms with Crippen LogP contribution >= 0.6 is 11.6 Å². The number of hydrogen-bond donors (Lipinski definition) is 1. The third kappa shape index (κ3) is 2.85. The van der Waals surface area contributed by atoms with Crippen LogP contribution in [-0.2, 0) is 6.54 Å². The van der Waals surface area contributed by atoms with Gasteiger partial charge in [-0.15, -0.1) is 0 Å². The number of aromatic nitrogens is 1. The number of anilines is 1. The number of benzene rings is 2. The Morgan fingerprint density at radius 2 is 1.79 bits per heavy atom. The van der Waals surface area contributed by atoms with Gasteiger partial charge >= 0.3 is 0 Å². The molecule has 0 radical (unpaired) electrons. The highest BCUT2D eigenvalue weighted by atomic mass is 35.5. The lowest BCUT2D eigenvalue weighted by Crippen LogP contribution is -2.00. The van der Waals surface area contributed by atoms with E-state index < -0.39 is 0 Å². The maximum atomic E-state index is 5.96. The van der Waals surface area contributed by atoms with Crippen LogP contribution in [0.5, 0.6) is 0 Å². The Labute approximate surface area is 117 Å². The Hall–Kier alpha value is -2.06. The fraction of sp³-hybridized carbons (Fsp3) is 0.0625. The van der Waals surface area contributed by atoms with E-state index in [2.05, 4.69) is 22.4 Å². The molecule has 1 aromatic heterocycles. The third-order valence-corrected chi connectivity index (χ3v) is 3.24. The molecule has 0 bridgehead atoms. The maximum absolute atomic E-state index is 5.96. The Morgan fingerprint density at radius 1 is 0.947 bits per heavy atom. The van der Waals surface area contributed by atoms with Gasteiger partial charge in [-0.2, -0.15) is 0 Å². The van der Waals surface area contributed by atoms with Crippen LogP contribution in [0.3, 0.4) is 0 Å². The molecule has 0 fully saturated rings. The minimum Gasteiger partial charge on any atom is -0.366 e. The van der Waals surface area contributed by atoms with E-state index in [0.717, 1.165) is 28.2 Å². The predicted molar refractivity (Wildman–Crippen MR) is 80.5 cm³/mol. The van der Waals surface area contributed by atoms with Gasteiger partial charge in [0.25, 0.3) is 0 Å². The van der Waals surface area contributed by atoms with Crippen molar-refractivity contribution < 1.29 is 0 Å². The van der Waals surface area contributed by atoms with Gasteiger partial charge in [0, 0.05) is 23.2 Å². The molecule has 0 saturated heterocycles. The van der Waals surface area contributed by atoms with E-state index in [1.54, 1.807) is 0 Å². The summed E-state index contributed by atoms with van der Waals surface area (Å²) in [5.74, 6) is 0.874. The van der Waals surface area contributed by atoms with Crippen molar-refractivity contribution in [3.8, 4) is 0 Å². The van der Waals surface area contributed by atoms with Crippen molar-refractivity contribution >= 4 is 28.2 Å². The largest absolute Gasteiger partial charge is 0.366 e. The number of hydrogen-bond acceptors (Lipinski definition) is 2. The molecule has 0 atom stereocenters. The highest BCUT2D eigenvalue weighted by molar-refractivity contribution is 6.31. The van der Waals surface area contributed by atoms with E-state index in [9.17, 15) is 0 Å². The van der Waals surface area contributed by atoms with Crippen LogP contribution in [-0.4, -0.2) is 4.98 Å². The number of halogens is 1. The lowest BCUT2D eigenvalue weighted by Gasteiger charge is -2.07. The number of pyridine rings is 1. The Kier molecular flexibility index (Phi) is 3.34. The number of rotatable bonds is 3. The second-order valence-corrected chi connectivity index (χ2v) is 4.84. The van der Waals surface area contributed by atoms with Gasteiger partial charge < -0.3 is 5.32 Å². The fourth-order valence-electron chi connectivity index (χ4n) is 2.00. The van der Waals surface area contributed by atoms with E-state index in [1.165, 1.54) is 5.56 Å². The van der Waals surface area contributed by atoms with Crippen molar-refractivity contribution in [3.05, 3.63) is 71.4 Å².